The summed E-state index contributed by atoms with van der Waals surface area (Å²) in [4.78, 5) is 49.3. The van der Waals surface area contributed by atoms with E-state index in [1.165, 1.54) is 0 Å². The van der Waals surface area contributed by atoms with Gasteiger partial charge >= 0.3 is 0 Å². The summed E-state index contributed by atoms with van der Waals surface area (Å²) in [5, 5.41) is 12.7. The minimum Gasteiger partial charge on any atom is -0.338 e. The molecule has 0 aliphatic carbocycles. The quantitative estimate of drug-likeness (QED) is 0.204. The number of amides is 2. The summed E-state index contributed by atoms with van der Waals surface area (Å²) in [6, 6.07) is 11.6. The van der Waals surface area contributed by atoms with E-state index in [1.807, 2.05) is 62.2 Å². The first-order chi connectivity index (χ1) is 23.4. The van der Waals surface area contributed by atoms with Crippen LogP contribution in [-0.4, -0.2) is 84.5 Å². The first-order valence-electron chi connectivity index (χ1n) is 16.6. The predicted molar refractivity (Wildman–Crippen MR) is 190 cm³/mol. The van der Waals surface area contributed by atoms with Crippen molar-refractivity contribution in [1.82, 2.24) is 39.9 Å². The van der Waals surface area contributed by atoms with E-state index >= 15 is 0 Å². The Balaban J connectivity index is 0.00000197. The molecule has 2 aliphatic rings. The summed E-state index contributed by atoms with van der Waals surface area (Å²) in [5.74, 6) is 0.710. The monoisotopic (exact) mass is 663 g/mol. The molecule has 248 valence electrons. The van der Waals surface area contributed by atoms with Crippen LogP contribution in [0.15, 0.2) is 67.3 Å². The Morgan fingerprint density at radius 1 is 1.04 bits per heavy atom. The number of H-pyrrole nitrogens is 1. The number of carbonyl (C=O) groups excluding carboxylic acids is 2. The standard InChI is InChI=1S/C34H35N9O2S.C2H6/c1-3-24-17-23(7-13-35-24)30-26-18-25(5-6-27(26)40-41-30)39-33(45)34(2)10-16-42(21-34)20-29(44)43-14-8-22(9-15-43)32-38-19-28(46-32)31-36-11-4-12-37-31;1-2/h4-8,11-13,17-19H,3,9-10,14-16,20-21H2,1-2H3,(H,39,45)(H,40,41);1-2H3. The van der Waals surface area contributed by atoms with Gasteiger partial charge in [0.25, 0.3) is 0 Å². The molecule has 1 saturated heterocycles. The van der Waals surface area contributed by atoms with Gasteiger partial charge in [0.15, 0.2) is 5.82 Å². The highest BCUT2D eigenvalue weighted by Gasteiger charge is 2.41. The number of aromatic nitrogens is 6. The molecule has 0 saturated carbocycles. The molecule has 5 aromatic rings. The summed E-state index contributed by atoms with van der Waals surface area (Å²) in [5.41, 5.74) is 4.99. The molecule has 1 fully saturated rings. The van der Waals surface area contributed by atoms with Gasteiger partial charge in [-0.3, -0.25) is 24.6 Å². The highest BCUT2D eigenvalue weighted by Crippen LogP contribution is 2.34. The van der Waals surface area contributed by atoms with Gasteiger partial charge in [-0.2, -0.15) is 5.10 Å². The number of nitrogens with one attached hydrogen (secondary N) is 2. The number of anilines is 1. The Labute approximate surface area is 284 Å². The fourth-order valence-corrected chi connectivity index (χ4v) is 7.06. The van der Waals surface area contributed by atoms with Crippen LogP contribution in [0.5, 0.6) is 0 Å². The summed E-state index contributed by atoms with van der Waals surface area (Å²) in [6.07, 6.45) is 11.4. The summed E-state index contributed by atoms with van der Waals surface area (Å²) >= 11 is 1.57. The van der Waals surface area contributed by atoms with Crippen LogP contribution in [0.3, 0.4) is 0 Å². The first-order valence-corrected chi connectivity index (χ1v) is 17.4. The minimum atomic E-state index is -0.602. The Bertz CT molecular complexity index is 1940. The summed E-state index contributed by atoms with van der Waals surface area (Å²) in [6.45, 7) is 10.8. The molecule has 0 bridgehead atoms. The second-order valence-electron chi connectivity index (χ2n) is 12.1. The third-order valence-corrected chi connectivity index (χ3v) is 9.93. The molecular weight excluding hydrogens is 623 g/mol. The number of pyridine rings is 1. The summed E-state index contributed by atoms with van der Waals surface area (Å²) < 4.78 is 0. The Kier molecular flexibility index (Phi) is 10.0. The van der Waals surface area contributed by atoms with Crippen LogP contribution < -0.4 is 5.32 Å². The second-order valence-corrected chi connectivity index (χ2v) is 13.1. The van der Waals surface area contributed by atoms with E-state index in [0.717, 1.165) is 61.8 Å². The van der Waals surface area contributed by atoms with Crippen LogP contribution in [-0.2, 0) is 16.0 Å². The number of carbonyl (C=O) groups is 2. The smallest absolute Gasteiger partial charge is 0.237 e. The van der Waals surface area contributed by atoms with Crippen LogP contribution in [0.4, 0.5) is 5.69 Å². The summed E-state index contributed by atoms with van der Waals surface area (Å²) in [7, 11) is 0. The molecule has 11 nitrogen and oxygen atoms in total. The van der Waals surface area contributed by atoms with Crippen molar-refractivity contribution in [3.63, 3.8) is 0 Å². The second kappa shape index (κ2) is 14.5. The number of thiazole rings is 1. The normalized spacial score (nSPS) is 17.9. The molecule has 1 atom stereocenters. The zero-order chi connectivity index (χ0) is 33.7. The lowest BCUT2D eigenvalue weighted by atomic mass is 9.88. The first kappa shape index (κ1) is 33.1. The van der Waals surface area contributed by atoms with E-state index in [9.17, 15) is 9.59 Å². The van der Waals surface area contributed by atoms with Crippen molar-refractivity contribution in [2.75, 3.05) is 38.0 Å². The maximum absolute atomic E-state index is 13.6. The fourth-order valence-electron chi connectivity index (χ4n) is 6.12. The van der Waals surface area contributed by atoms with Gasteiger partial charge in [-0.15, -0.1) is 11.3 Å². The number of likely N-dealkylation sites (tertiary alicyclic amines) is 1. The van der Waals surface area contributed by atoms with Gasteiger partial charge in [0, 0.05) is 66.8 Å². The van der Waals surface area contributed by atoms with Gasteiger partial charge in [-0.1, -0.05) is 26.8 Å². The lowest BCUT2D eigenvalue weighted by Gasteiger charge is -2.28. The molecule has 1 unspecified atom stereocenters. The maximum atomic E-state index is 13.6. The zero-order valence-electron chi connectivity index (χ0n) is 27.9. The van der Waals surface area contributed by atoms with Crippen LogP contribution >= 0.6 is 11.3 Å². The van der Waals surface area contributed by atoms with Gasteiger partial charge in [0.1, 0.15) is 10.7 Å². The van der Waals surface area contributed by atoms with Gasteiger partial charge in [-0.05, 0) is 74.7 Å². The molecule has 4 aromatic heterocycles. The van der Waals surface area contributed by atoms with Gasteiger partial charge in [0.05, 0.1) is 22.4 Å². The molecule has 12 heteroatoms. The lowest BCUT2D eigenvalue weighted by Crippen LogP contribution is -2.43. The van der Waals surface area contributed by atoms with Crippen molar-refractivity contribution in [3.05, 3.63) is 78.0 Å². The fraction of sp³-hybridized carbons (Fsp3) is 0.361. The molecule has 48 heavy (non-hydrogen) atoms. The number of fused-ring (bicyclic) bond motifs is 1. The van der Waals surface area contributed by atoms with Crippen LogP contribution in [0.2, 0.25) is 0 Å². The minimum absolute atomic E-state index is 0.0432. The molecular formula is C36H41N9O2S. The zero-order valence-corrected chi connectivity index (χ0v) is 28.7. The topological polar surface area (TPSA) is 133 Å². The largest absolute Gasteiger partial charge is 0.338 e. The number of rotatable bonds is 8. The number of nitrogens with zero attached hydrogens (tertiary/aromatic N) is 7. The maximum Gasteiger partial charge on any atom is 0.237 e. The molecule has 1 aromatic carbocycles. The average Bonchev–Trinajstić information content (AvgIpc) is 3.89. The van der Waals surface area contributed by atoms with Crippen LogP contribution in [0, 0.1) is 5.41 Å². The van der Waals surface area contributed by atoms with Crippen molar-refractivity contribution in [2.24, 2.45) is 5.41 Å². The van der Waals surface area contributed by atoms with E-state index in [1.54, 1.807) is 36.0 Å². The average molecular weight is 664 g/mol. The number of hydrogen-bond acceptors (Lipinski definition) is 9. The van der Waals surface area contributed by atoms with Gasteiger partial charge < -0.3 is 10.2 Å². The molecule has 0 radical (unpaired) electrons. The molecule has 2 N–H and O–H groups in total. The Morgan fingerprint density at radius 3 is 2.65 bits per heavy atom. The van der Waals surface area contributed by atoms with E-state index in [2.05, 4.69) is 53.3 Å². The molecule has 2 aliphatic heterocycles. The molecule has 0 spiro atoms. The third-order valence-electron chi connectivity index (χ3n) is 8.86. The number of hydrogen-bond donors (Lipinski definition) is 2. The molecule has 7 rings (SSSR count). The van der Waals surface area contributed by atoms with Crippen molar-refractivity contribution in [3.8, 4) is 22.0 Å². The Morgan fingerprint density at radius 2 is 1.88 bits per heavy atom. The van der Waals surface area contributed by atoms with E-state index < -0.39 is 5.41 Å². The van der Waals surface area contributed by atoms with E-state index in [-0.39, 0.29) is 11.8 Å². The highest BCUT2D eigenvalue weighted by atomic mass is 32.1. The van der Waals surface area contributed by atoms with Crippen molar-refractivity contribution < 1.29 is 9.59 Å². The van der Waals surface area contributed by atoms with Crippen molar-refractivity contribution >= 4 is 45.3 Å². The van der Waals surface area contributed by atoms with E-state index in [0.29, 0.717) is 45.0 Å². The highest BCUT2D eigenvalue weighted by molar-refractivity contribution is 7.16. The SMILES string of the molecule is CC.CCc1cc(-c2n[nH]c3ccc(NC(=O)C4(C)CCN(CC(=O)N5CC=C(c6ncc(-c7ncccn7)s6)CC5)C4)cc23)ccn1. The van der Waals surface area contributed by atoms with Crippen LogP contribution in [0.1, 0.15) is 51.2 Å². The van der Waals surface area contributed by atoms with Crippen molar-refractivity contribution in [2.45, 2.75) is 47.0 Å². The van der Waals surface area contributed by atoms with Crippen molar-refractivity contribution in [1.29, 1.82) is 0 Å². The van der Waals surface area contributed by atoms with Gasteiger partial charge in [0.2, 0.25) is 11.8 Å². The van der Waals surface area contributed by atoms with E-state index in [4.69, 9.17) is 0 Å². The Hall–Kier alpha value is -4.81. The van der Waals surface area contributed by atoms with Crippen LogP contribution in [0.25, 0.3) is 38.4 Å². The lowest BCUT2D eigenvalue weighted by molar-refractivity contribution is -0.132. The molecule has 6 heterocycles. The predicted octanol–water partition coefficient (Wildman–Crippen LogP) is 6.09. The number of aryl methyl sites for hydroxylation is 1. The van der Waals surface area contributed by atoms with Gasteiger partial charge in [-0.25, -0.2) is 15.0 Å². The number of benzene rings is 1. The number of aromatic amines is 1. The third kappa shape index (κ3) is 7.04. The molecule has 2 amide bonds.